The van der Waals surface area contributed by atoms with E-state index >= 15 is 0 Å². The summed E-state index contributed by atoms with van der Waals surface area (Å²) in [6.07, 6.45) is 6.91. The van der Waals surface area contributed by atoms with Gasteiger partial charge in [0, 0.05) is 18.8 Å². The fraction of sp³-hybridized carbons (Fsp3) is 0.400. The van der Waals surface area contributed by atoms with E-state index in [1.165, 1.54) is 12.1 Å². The lowest BCUT2D eigenvalue weighted by molar-refractivity contribution is -0.171. The Morgan fingerprint density at radius 2 is 1.90 bits per heavy atom. The summed E-state index contributed by atoms with van der Waals surface area (Å²) in [4.78, 5) is 4.03. The first kappa shape index (κ1) is 15.9. The van der Waals surface area contributed by atoms with Crippen molar-refractivity contribution in [3.8, 4) is 0 Å². The highest BCUT2D eigenvalue weighted by atomic mass is 35.5. The zero-order chi connectivity index (χ0) is 13.8. The third-order valence-electron chi connectivity index (χ3n) is 3.50. The number of nitrogens with zero attached hydrogens (tertiary/aromatic N) is 2. The average Bonchev–Trinajstić information content (AvgIpc) is 3.11. The van der Waals surface area contributed by atoms with Gasteiger partial charge in [-0.3, -0.25) is 0 Å². The van der Waals surface area contributed by atoms with Gasteiger partial charge in [-0.25, -0.2) is 9.37 Å². The van der Waals surface area contributed by atoms with Crippen molar-refractivity contribution in [2.75, 3.05) is 13.2 Å². The molecule has 0 spiro atoms. The van der Waals surface area contributed by atoms with Gasteiger partial charge in [0.05, 0.1) is 26.1 Å². The minimum atomic E-state index is -0.602. The summed E-state index contributed by atoms with van der Waals surface area (Å²) in [7, 11) is 0. The van der Waals surface area contributed by atoms with E-state index in [-0.39, 0.29) is 18.2 Å². The van der Waals surface area contributed by atoms with Crippen molar-refractivity contribution in [1.82, 2.24) is 9.55 Å². The molecule has 1 aliphatic rings. The van der Waals surface area contributed by atoms with Crippen molar-refractivity contribution >= 4 is 12.4 Å². The molecular formula is C15H18ClFN2O2. The lowest BCUT2D eigenvalue weighted by Crippen LogP contribution is -2.35. The van der Waals surface area contributed by atoms with Crippen LogP contribution in [0.5, 0.6) is 0 Å². The fourth-order valence-electron chi connectivity index (χ4n) is 2.46. The predicted octanol–water partition coefficient (Wildman–Crippen LogP) is 2.82. The van der Waals surface area contributed by atoms with Crippen LogP contribution in [0.2, 0.25) is 0 Å². The highest BCUT2D eigenvalue weighted by Crippen LogP contribution is 2.27. The van der Waals surface area contributed by atoms with Gasteiger partial charge in [-0.15, -0.1) is 12.4 Å². The van der Waals surface area contributed by atoms with Gasteiger partial charge in [-0.05, 0) is 24.1 Å². The molecule has 1 aromatic carbocycles. The van der Waals surface area contributed by atoms with Crippen LogP contribution in [-0.4, -0.2) is 28.6 Å². The van der Waals surface area contributed by atoms with Crippen LogP contribution in [0.25, 0.3) is 0 Å². The lowest BCUT2D eigenvalue weighted by Gasteiger charge is -2.27. The van der Waals surface area contributed by atoms with E-state index in [1.54, 1.807) is 24.7 Å². The number of imidazole rings is 1. The maximum absolute atomic E-state index is 12.9. The van der Waals surface area contributed by atoms with Gasteiger partial charge < -0.3 is 14.0 Å². The van der Waals surface area contributed by atoms with Crippen LogP contribution in [0.15, 0.2) is 43.0 Å². The molecule has 2 heterocycles. The summed E-state index contributed by atoms with van der Waals surface area (Å²) >= 11 is 0. The molecule has 21 heavy (non-hydrogen) atoms. The van der Waals surface area contributed by atoms with E-state index in [0.29, 0.717) is 19.8 Å². The molecule has 0 radical (unpaired) electrons. The molecule has 1 saturated heterocycles. The SMILES string of the molecule is Cl.Fc1ccc(CCC2(Cn3ccnc3)OCCO2)cc1. The van der Waals surface area contributed by atoms with Crippen LogP contribution in [-0.2, 0) is 22.4 Å². The number of ether oxygens (including phenoxy) is 2. The van der Waals surface area contributed by atoms with Crippen LogP contribution in [0.1, 0.15) is 12.0 Å². The molecule has 0 aliphatic carbocycles. The molecular weight excluding hydrogens is 295 g/mol. The highest BCUT2D eigenvalue weighted by Gasteiger charge is 2.36. The summed E-state index contributed by atoms with van der Waals surface area (Å²) in [5.74, 6) is -0.815. The van der Waals surface area contributed by atoms with Gasteiger partial charge in [0.2, 0.25) is 0 Å². The van der Waals surface area contributed by atoms with Gasteiger partial charge in [0.15, 0.2) is 5.79 Å². The second-order valence-electron chi connectivity index (χ2n) is 4.97. The van der Waals surface area contributed by atoms with E-state index in [4.69, 9.17) is 9.47 Å². The molecule has 114 valence electrons. The van der Waals surface area contributed by atoms with Crippen molar-refractivity contribution in [2.45, 2.75) is 25.2 Å². The van der Waals surface area contributed by atoms with Crippen molar-refractivity contribution in [3.05, 3.63) is 54.4 Å². The Labute approximate surface area is 129 Å². The molecule has 1 aliphatic heterocycles. The first-order valence-electron chi connectivity index (χ1n) is 6.74. The monoisotopic (exact) mass is 312 g/mol. The predicted molar refractivity (Wildman–Crippen MR) is 78.8 cm³/mol. The van der Waals surface area contributed by atoms with E-state index in [0.717, 1.165) is 18.4 Å². The second-order valence-corrected chi connectivity index (χ2v) is 4.97. The fourth-order valence-corrected chi connectivity index (χ4v) is 2.46. The highest BCUT2D eigenvalue weighted by molar-refractivity contribution is 5.85. The van der Waals surface area contributed by atoms with Crippen LogP contribution < -0.4 is 0 Å². The topological polar surface area (TPSA) is 36.3 Å². The zero-order valence-corrected chi connectivity index (χ0v) is 12.4. The summed E-state index contributed by atoms with van der Waals surface area (Å²) in [6.45, 7) is 1.84. The molecule has 2 aromatic rings. The summed E-state index contributed by atoms with van der Waals surface area (Å²) in [5, 5.41) is 0. The third kappa shape index (κ3) is 4.03. The minimum Gasteiger partial charge on any atom is -0.346 e. The first-order chi connectivity index (χ1) is 9.76. The summed E-state index contributed by atoms with van der Waals surface area (Å²) < 4.78 is 26.5. The number of rotatable bonds is 5. The largest absolute Gasteiger partial charge is 0.346 e. The van der Waals surface area contributed by atoms with Crippen molar-refractivity contribution in [1.29, 1.82) is 0 Å². The Morgan fingerprint density at radius 1 is 1.19 bits per heavy atom. The third-order valence-corrected chi connectivity index (χ3v) is 3.50. The van der Waals surface area contributed by atoms with E-state index in [9.17, 15) is 4.39 Å². The van der Waals surface area contributed by atoms with Gasteiger partial charge in [-0.1, -0.05) is 12.1 Å². The Kier molecular flexibility index (Phi) is 5.33. The van der Waals surface area contributed by atoms with Crippen LogP contribution in [0.3, 0.4) is 0 Å². The van der Waals surface area contributed by atoms with Crippen molar-refractivity contribution in [3.63, 3.8) is 0 Å². The van der Waals surface area contributed by atoms with E-state index in [1.807, 2.05) is 10.8 Å². The smallest absolute Gasteiger partial charge is 0.186 e. The van der Waals surface area contributed by atoms with E-state index < -0.39 is 5.79 Å². The number of benzene rings is 1. The number of aromatic nitrogens is 2. The maximum Gasteiger partial charge on any atom is 0.186 e. The van der Waals surface area contributed by atoms with Gasteiger partial charge in [0.1, 0.15) is 5.82 Å². The molecule has 4 nitrogen and oxygen atoms in total. The quantitative estimate of drug-likeness (QED) is 0.852. The van der Waals surface area contributed by atoms with E-state index in [2.05, 4.69) is 4.98 Å². The van der Waals surface area contributed by atoms with Gasteiger partial charge in [-0.2, -0.15) is 0 Å². The van der Waals surface area contributed by atoms with Crippen LogP contribution in [0, 0.1) is 5.82 Å². The Balaban J connectivity index is 0.00000161. The standard InChI is InChI=1S/C15H17FN2O2.ClH/c16-14-3-1-13(2-4-14)5-6-15(19-9-10-20-15)11-18-8-7-17-12-18;/h1-4,7-8,12H,5-6,9-11H2;1H. The number of hydrogen-bond acceptors (Lipinski definition) is 3. The lowest BCUT2D eigenvalue weighted by atomic mass is 10.0. The molecule has 0 unspecified atom stereocenters. The zero-order valence-electron chi connectivity index (χ0n) is 11.6. The number of halogens is 2. The van der Waals surface area contributed by atoms with Crippen LogP contribution in [0.4, 0.5) is 4.39 Å². The molecule has 1 aromatic heterocycles. The number of aryl methyl sites for hydroxylation is 1. The molecule has 0 saturated carbocycles. The normalized spacial score (nSPS) is 16.6. The molecule has 0 atom stereocenters. The molecule has 6 heteroatoms. The van der Waals surface area contributed by atoms with Crippen LogP contribution >= 0.6 is 12.4 Å². The first-order valence-corrected chi connectivity index (χ1v) is 6.74. The van der Waals surface area contributed by atoms with Crippen molar-refractivity contribution in [2.24, 2.45) is 0 Å². The Bertz CT molecular complexity index is 539. The number of hydrogen-bond donors (Lipinski definition) is 0. The maximum atomic E-state index is 12.9. The Morgan fingerprint density at radius 3 is 2.52 bits per heavy atom. The Hall–Kier alpha value is -1.43. The van der Waals surface area contributed by atoms with Gasteiger partial charge in [0.25, 0.3) is 0 Å². The molecule has 0 amide bonds. The summed E-state index contributed by atoms with van der Waals surface area (Å²) in [6, 6.07) is 6.56. The van der Waals surface area contributed by atoms with Crippen molar-refractivity contribution < 1.29 is 13.9 Å². The average molecular weight is 313 g/mol. The molecule has 0 bridgehead atoms. The molecule has 1 fully saturated rings. The minimum absolute atomic E-state index is 0. The van der Waals surface area contributed by atoms with Gasteiger partial charge >= 0.3 is 0 Å². The molecule has 0 N–H and O–H groups in total. The summed E-state index contributed by atoms with van der Waals surface area (Å²) in [5.41, 5.74) is 1.08. The second kappa shape index (κ2) is 7.02. The molecule has 3 rings (SSSR count).